The summed E-state index contributed by atoms with van der Waals surface area (Å²) in [4.78, 5) is 2.80. The van der Waals surface area contributed by atoms with Crippen molar-refractivity contribution < 1.29 is 0 Å². The Morgan fingerprint density at radius 3 is 1.95 bits per heavy atom. The van der Waals surface area contributed by atoms with Crippen molar-refractivity contribution in [3.05, 3.63) is 0 Å². The van der Waals surface area contributed by atoms with E-state index in [1.54, 1.807) is 38.5 Å². The molecule has 0 spiro atoms. The van der Waals surface area contributed by atoms with Gasteiger partial charge < -0.3 is 10.6 Å². The van der Waals surface area contributed by atoms with Crippen molar-refractivity contribution in [2.75, 3.05) is 19.6 Å². The molecule has 1 aliphatic heterocycles. The Kier molecular flexibility index (Phi) is 3.38. The average Bonchev–Trinajstić information content (AvgIpc) is 2.37. The number of nitrogens with zero attached hydrogens (tertiary/aromatic N) is 1. The van der Waals surface area contributed by atoms with Crippen LogP contribution in [0.2, 0.25) is 0 Å². The van der Waals surface area contributed by atoms with Gasteiger partial charge in [-0.1, -0.05) is 0 Å². The van der Waals surface area contributed by atoms with Gasteiger partial charge in [0.25, 0.3) is 0 Å². The number of piperidine rings is 1. The number of hydrogen-bond acceptors (Lipinski definition) is 2. The molecule has 4 saturated carbocycles. The molecular formula is C18H32N2. The summed E-state index contributed by atoms with van der Waals surface area (Å²) in [6.07, 6.45) is 12.1. The van der Waals surface area contributed by atoms with Crippen molar-refractivity contribution >= 4 is 0 Å². The summed E-state index contributed by atoms with van der Waals surface area (Å²) in [7, 11) is 0. The van der Waals surface area contributed by atoms with Crippen LogP contribution in [0.1, 0.15) is 58.3 Å². The van der Waals surface area contributed by atoms with E-state index in [-0.39, 0.29) is 0 Å². The van der Waals surface area contributed by atoms with Crippen LogP contribution >= 0.6 is 0 Å². The molecule has 5 fully saturated rings. The maximum atomic E-state index is 6.08. The maximum Gasteiger partial charge on any atom is 0.00397 e. The molecule has 0 radical (unpaired) electrons. The highest BCUT2D eigenvalue weighted by Gasteiger charge is 2.51. The minimum Gasteiger partial charge on any atom is -0.328 e. The summed E-state index contributed by atoms with van der Waals surface area (Å²) < 4.78 is 0. The highest BCUT2D eigenvalue weighted by atomic mass is 15.1. The van der Waals surface area contributed by atoms with E-state index >= 15 is 0 Å². The molecular weight excluding hydrogens is 244 g/mol. The molecule has 0 aromatic carbocycles. The van der Waals surface area contributed by atoms with E-state index in [1.165, 1.54) is 32.5 Å². The van der Waals surface area contributed by atoms with Crippen LogP contribution < -0.4 is 5.73 Å². The summed E-state index contributed by atoms with van der Waals surface area (Å²) >= 11 is 0. The first kappa shape index (κ1) is 13.6. The Balaban J connectivity index is 1.38. The lowest BCUT2D eigenvalue weighted by Gasteiger charge is -2.58. The van der Waals surface area contributed by atoms with Crippen molar-refractivity contribution in [2.45, 2.75) is 64.3 Å². The van der Waals surface area contributed by atoms with E-state index in [0.717, 1.165) is 29.1 Å². The van der Waals surface area contributed by atoms with Gasteiger partial charge in [-0.25, -0.2) is 0 Å². The topological polar surface area (TPSA) is 29.3 Å². The molecule has 1 saturated heterocycles. The van der Waals surface area contributed by atoms with Crippen LogP contribution in [0.15, 0.2) is 0 Å². The van der Waals surface area contributed by atoms with Gasteiger partial charge in [-0.15, -0.1) is 0 Å². The van der Waals surface area contributed by atoms with Crippen molar-refractivity contribution in [3.63, 3.8) is 0 Å². The second-order valence-corrected chi connectivity index (χ2v) is 8.89. The zero-order chi connectivity index (χ0) is 13.7. The fraction of sp³-hybridized carbons (Fsp3) is 1.00. The lowest BCUT2D eigenvalue weighted by atomic mass is 9.49. The molecule has 5 aliphatic rings. The molecule has 1 heterocycles. The van der Waals surface area contributed by atoms with Gasteiger partial charge in [0.15, 0.2) is 0 Å². The van der Waals surface area contributed by atoms with E-state index in [9.17, 15) is 0 Å². The number of hydrogen-bond donors (Lipinski definition) is 1. The summed E-state index contributed by atoms with van der Waals surface area (Å²) in [5.41, 5.74) is 6.81. The quantitative estimate of drug-likeness (QED) is 0.857. The molecule has 0 aromatic rings. The van der Waals surface area contributed by atoms with Crippen LogP contribution in [0.25, 0.3) is 0 Å². The van der Waals surface area contributed by atoms with Crippen LogP contribution in [-0.4, -0.2) is 30.6 Å². The van der Waals surface area contributed by atoms with Gasteiger partial charge in [-0.05, 0) is 100 Å². The lowest BCUT2D eigenvalue weighted by molar-refractivity contribution is -0.0726. The first-order chi connectivity index (χ1) is 9.62. The normalized spacial score (nSPS) is 46.8. The number of likely N-dealkylation sites (tertiary alicyclic amines) is 1. The van der Waals surface area contributed by atoms with Crippen molar-refractivity contribution in [2.24, 2.45) is 34.8 Å². The predicted molar refractivity (Wildman–Crippen MR) is 83.4 cm³/mol. The standard InChI is InChI=1S/C18H32N2/c1-13(19)17-2-4-20(5-3-17)12-18-9-14-6-15(10-18)8-16(7-14)11-18/h13-17H,2-12,19H2,1H3. The zero-order valence-corrected chi connectivity index (χ0v) is 13.2. The summed E-state index contributed by atoms with van der Waals surface area (Å²) in [6, 6.07) is 0.400. The highest BCUT2D eigenvalue weighted by Crippen LogP contribution is 2.60. The van der Waals surface area contributed by atoms with Crippen LogP contribution in [0, 0.1) is 29.1 Å². The first-order valence-electron chi connectivity index (χ1n) is 9.10. The third kappa shape index (κ3) is 2.43. The van der Waals surface area contributed by atoms with Gasteiger partial charge in [0.2, 0.25) is 0 Å². The van der Waals surface area contributed by atoms with E-state index in [4.69, 9.17) is 5.73 Å². The van der Waals surface area contributed by atoms with Crippen LogP contribution in [0.5, 0.6) is 0 Å². The molecule has 2 N–H and O–H groups in total. The molecule has 4 bridgehead atoms. The fourth-order valence-corrected chi connectivity index (χ4v) is 6.59. The van der Waals surface area contributed by atoms with E-state index in [1.807, 2.05) is 0 Å². The highest BCUT2D eigenvalue weighted by molar-refractivity contribution is 5.02. The molecule has 1 atom stereocenters. The maximum absolute atomic E-state index is 6.08. The number of nitrogens with two attached hydrogens (primary N) is 1. The Hall–Kier alpha value is -0.0800. The van der Waals surface area contributed by atoms with E-state index in [0.29, 0.717) is 6.04 Å². The first-order valence-corrected chi connectivity index (χ1v) is 9.10. The lowest BCUT2D eigenvalue weighted by Crippen LogP contribution is -2.52. The van der Waals surface area contributed by atoms with Crippen LogP contribution in [-0.2, 0) is 0 Å². The second kappa shape index (κ2) is 4.98. The zero-order valence-electron chi connectivity index (χ0n) is 13.2. The summed E-state index contributed by atoms with van der Waals surface area (Å²) in [5.74, 6) is 4.08. The van der Waals surface area contributed by atoms with Crippen molar-refractivity contribution in [1.82, 2.24) is 4.90 Å². The van der Waals surface area contributed by atoms with Crippen LogP contribution in [0.4, 0.5) is 0 Å². The van der Waals surface area contributed by atoms with Gasteiger partial charge in [0, 0.05) is 12.6 Å². The van der Waals surface area contributed by atoms with Gasteiger partial charge in [0.1, 0.15) is 0 Å². The molecule has 4 aliphatic carbocycles. The average molecular weight is 276 g/mol. The smallest absolute Gasteiger partial charge is 0.00397 e. The van der Waals surface area contributed by atoms with Crippen molar-refractivity contribution in [1.29, 1.82) is 0 Å². The van der Waals surface area contributed by atoms with Gasteiger partial charge >= 0.3 is 0 Å². The molecule has 0 amide bonds. The third-order valence-corrected chi connectivity index (χ3v) is 7.10. The van der Waals surface area contributed by atoms with Crippen LogP contribution in [0.3, 0.4) is 0 Å². The second-order valence-electron chi connectivity index (χ2n) is 8.89. The predicted octanol–water partition coefficient (Wildman–Crippen LogP) is 3.26. The van der Waals surface area contributed by atoms with Gasteiger partial charge in [-0.3, -0.25) is 0 Å². The van der Waals surface area contributed by atoms with Crippen molar-refractivity contribution in [3.8, 4) is 0 Å². The Labute approximate surface area is 124 Å². The van der Waals surface area contributed by atoms with Gasteiger partial charge in [-0.2, -0.15) is 0 Å². The summed E-state index contributed by atoms with van der Waals surface area (Å²) in [5, 5.41) is 0. The molecule has 2 nitrogen and oxygen atoms in total. The van der Waals surface area contributed by atoms with Gasteiger partial charge in [0.05, 0.1) is 0 Å². The molecule has 0 aromatic heterocycles. The molecule has 5 rings (SSSR count). The molecule has 20 heavy (non-hydrogen) atoms. The summed E-state index contributed by atoms with van der Waals surface area (Å²) in [6.45, 7) is 6.24. The van der Waals surface area contributed by atoms with E-state index < -0.39 is 0 Å². The Morgan fingerprint density at radius 1 is 1.00 bits per heavy atom. The minimum atomic E-state index is 0.400. The Bertz CT molecular complexity index is 319. The molecule has 1 unspecified atom stereocenters. The fourth-order valence-electron chi connectivity index (χ4n) is 6.59. The van der Waals surface area contributed by atoms with E-state index in [2.05, 4.69) is 11.8 Å². The minimum absolute atomic E-state index is 0.400. The SMILES string of the molecule is CC(N)C1CCN(CC23CC4CC(CC(C4)C2)C3)CC1. The largest absolute Gasteiger partial charge is 0.328 e. The Morgan fingerprint density at radius 2 is 1.50 bits per heavy atom. The molecule has 2 heteroatoms. The number of rotatable bonds is 3. The third-order valence-electron chi connectivity index (χ3n) is 7.10. The monoisotopic (exact) mass is 276 g/mol. The molecule has 114 valence electrons.